The number of rotatable bonds is 8. The van der Waals surface area contributed by atoms with Crippen LogP contribution in [0.5, 0.6) is 11.5 Å². The summed E-state index contributed by atoms with van der Waals surface area (Å²) in [6.07, 6.45) is -0.838. The molecule has 0 bridgehead atoms. The maximum Gasteiger partial charge on any atom is 0.344 e. The molecule has 0 fully saturated rings. The van der Waals surface area contributed by atoms with Crippen LogP contribution in [0.3, 0.4) is 0 Å². The Morgan fingerprint density at radius 1 is 0.923 bits per heavy atom. The summed E-state index contributed by atoms with van der Waals surface area (Å²) in [6, 6.07) is 16.8. The van der Waals surface area contributed by atoms with Gasteiger partial charge >= 0.3 is 5.97 Å². The van der Waals surface area contributed by atoms with Crippen molar-refractivity contribution in [1.82, 2.24) is 4.90 Å². The maximum atomic E-state index is 11.7. The molecule has 0 aromatic heterocycles. The molecule has 138 valence electrons. The molecule has 0 heterocycles. The highest BCUT2D eigenvalue weighted by Crippen LogP contribution is 2.18. The molecule has 6 heteroatoms. The zero-order valence-electron chi connectivity index (χ0n) is 15.2. The number of likely N-dealkylation sites (N-methyl/N-ethyl adjacent to an activating group) is 1. The van der Waals surface area contributed by atoms with E-state index >= 15 is 0 Å². The van der Waals surface area contributed by atoms with E-state index in [1.165, 1.54) is 11.8 Å². The van der Waals surface area contributed by atoms with Crippen LogP contribution in [0.1, 0.15) is 12.5 Å². The Hall–Kier alpha value is -3.02. The summed E-state index contributed by atoms with van der Waals surface area (Å²) in [5.41, 5.74) is 1.08. The van der Waals surface area contributed by atoms with E-state index in [1.54, 1.807) is 38.4 Å². The van der Waals surface area contributed by atoms with Gasteiger partial charge < -0.3 is 19.1 Å². The predicted molar refractivity (Wildman–Crippen MR) is 97.0 cm³/mol. The second-order valence-electron chi connectivity index (χ2n) is 5.90. The Kier molecular flexibility index (Phi) is 7.02. The number of hydrogen-bond donors (Lipinski definition) is 0. The van der Waals surface area contributed by atoms with E-state index in [0.29, 0.717) is 18.1 Å². The quantitative estimate of drug-likeness (QED) is 0.680. The summed E-state index contributed by atoms with van der Waals surface area (Å²) in [4.78, 5) is 24.8. The third kappa shape index (κ3) is 6.12. The number of amides is 1. The van der Waals surface area contributed by atoms with Gasteiger partial charge in [0.2, 0.25) is 0 Å². The van der Waals surface area contributed by atoms with Crippen LogP contribution in [-0.2, 0) is 20.9 Å². The number of carbonyl (C=O) groups is 2. The number of ether oxygens (including phenoxy) is 3. The van der Waals surface area contributed by atoms with Gasteiger partial charge in [0.1, 0.15) is 18.1 Å². The Labute approximate surface area is 153 Å². The average Bonchev–Trinajstić information content (AvgIpc) is 2.65. The molecule has 0 spiro atoms. The van der Waals surface area contributed by atoms with E-state index in [-0.39, 0.29) is 12.5 Å². The zero-order valence-corrected chi connectivity index (χ0v) is 15.2. The van der Waals surface area contributed by atoms with Gasteiger partial charge in [0, 0.05) is 14.1 Å². The summed E-state index contributed by atoms with van der Waals surface area (Å²) < 4.78 is 16.1. The molecule has 0 aliphatic heterocycles. The van der Waals surface area contributed by atoms with Gasteiger partial charge in [0.15, 0.2) is 12.7 Å². The highest BCUT2D eigenvalue weighted by Gasteiger charge is 2.19. The lowest BCUT2D eigenvalue weighted by Gasteiger charge is -2.17. The highest BCUT2D eigenvalue weighted by molar-refractivity contribution is 5.83. The van der Waals surface area contributed by atoms with Crippen molar-refractivity contribution in [1.29, 1.82) is 0 Å². The summed E-state index contributed by atoms with van der Waals surface area (Å²) in [5.74, 6) is 0.338. The Morgan fingerprint density at radius 3 is 2.08 bits per heavy atom. The molecule has 0 unspecified atom stereocenters. The third-order valence-electron chi connectivity index (χ3n) is 3.53. The van der Waals surface area contributed by atoms with Crippen LogP contribution in [0, 0.1) is 0 Å². The molecule has 0 saturated heterocycles. The normalized spacial score (nSPS) is 11.3. The Bertz CT molecular complexity index is 713. The number of benzene rings is 2. The third-order valence-corrected chi connectivity index (χ3v) is 3.53. The molecule has 0 N–H and O–H groups in total. The van der Waals surface area contributed by atoms with Gasteiger partial charge in [-0.1, -0.05) is 30.3 Å². The molecule has 1 amide bonds. The first-order chi connectivity index (χ1) is 12.5. The van der Waals surface area contributed by atoms with Crippen LogP contribution in [0.4, 0.5) is 0 Å². The molecule has 2 rings (SSSR count). The first-order valence-corrected chi connectivity index (χ1v) is 8.26. The van der Waals surface area contributed by atoms with Crippen molar-refractivity contribution in [3.63, 3.8) is 0 Å². The SMILES string of the molecule is C[C@H](OC(=O)COc1ccc(OCc2ccccc2)cc1)C(=O)N(C)C. The molecule has 0 saturated carbocycles. The molecule has 0 aliphatic rings. The molecule has 0 aliphatic carbocycles. The van der Waals surface area contributed by atoms with Crippen molar-refractivity contribution in [2.45, 2.75) is 19.6 Å². The van der Waals surface area contributed by atoms with Crippen LogP contribution in [-0.4, -0.2) is 43.6 Å². The lowest BCUT2D eigenvalue weighted by atomic mass is 10.2. The van der Waals surface area contributed by atoms with Crippen molar-refractivity contribution < 1.29 is 23.8 Å². The smallest absolute Gasteiger partial charge is 0.344 e. The standard InChI is InChI=1S/C20H23NO5/c1-15(20(23)21(2)3)26-19(22)14-25-18-11-9-17(10-12-18)24-13-16-7-5-4-6-8-16/h4-12,15H,13-14H2,1-3H3/t15-/m0/s1. The number of hydrogen-bond acceptors (Lipinski definition) is 5. The number of esters is 1. The summed E-state index contributed by atoms with van der Waals surface area (Å²) >= 11 is 0. The van der Waals surface area contributed by atoms with Crippen LogP contribution in [0.15, 0.2) is 54.6 Å². The van der Waals surface area contributed by atoms with E-state index in [0.717, 1.165) is 5.56 Å². The van der Waals surface area contributed by atoms with Crippen molar-refractivity contribution in [2.24, 2.45) is 0 Å². The number of nitrogens with zero attached hydrogens (tertiary/aromatic N) is 1. The van der Waals surface area contributed by atoms with Crippen molar-refractivity contribution >= 4 is 11.9 Å². The average molecular weight is 357 g/mol. The molecular formula is C20H23NO5. The monoisotopic (exact) mass is 357 g/mol. The minimum Gasteiger partial charge on any atom is -0.489 e. The van der Waals surface area contributed by atoms with E-state index in [2.05, 4.69) is 0 Å². The van der Waals surface area contributed by atoms with Crippen molar-refractivity contribution in [2.75, 3.05) is 20.7 Å². The lowest BCUT2D eigenvalue weighted by molar-refractivity contribution is -0.159. The first kappa shape index (κ1) is 19.3. The van der Waals surface area contributed by atoms with Gasteiger partial charge in [-0.3, -0.25) is 4.79 Å². The van der Waals surface area contributed by atoms with Crippen LogP contribution >= 0.6 is 0 Å². The van der Waals surface area contributed by atoms with Crippen molar-refractivity contribution in [3.8, 4) is 11.5 Å². The fourth-order valence-electron chi connectivity index (χ4n) is 2.16. The minimum absolute atomic E-state index is 0.269. The van der Waals surface area contributed by atoms with Gasteiger partial charge in [-0.25, -0.2) is 4.79 Å². The fraction of sp³-hybridized carbons (Fsp3) is 0.300. The zero-order chi connectivity index (χ0) is 18.9. The van der Waals surface area contributed by atoms with E-state index in [1.807, 2.05) is 30.3 Å². The largest absolute Gasteiger partial charge is 0.489 e. The highest BCUT2D eigenvalue weighted by atomic mass is 16.6. The van der Waals surface area contributed by atoms with Gasteiger partial charge in [0.25, 0.3) is 5.91 Å². The lowest BCUT2D eigenvalue weighted by Crippen LogP contribution is -2.35. The second-order valence-corrected chi connectivity index (χ2v) is 5.90. The van der Waals surface area contributed by atoms with Gasteiger partial charge in [-0.2, -0.15) is 0 Å². The van der Waals surface area contributed by atoms with Gasteiger partial charge in [-0.05, 0) is 36.8 Å². The van der Waals surface area contributed by atoms with Gasteiger partial charge in [0.05, 0.1) is 0 Å². The number of carbonyl (C=O) groups excluding carboxylic acids is 2. The first-order valence-electron chi connectivity index (χ1n) is 8.26. The fourth-order valence-corrected chi connectivity index (χ4v) is 2.16. The molecule has 1 atom stereocenters. The Balaban J connectivity index is 1.76. The van der Waals surface area contributed by atoms with Gasteiger partial charge in [-0.15, -0.1) is 0 Å². The van der Waals surface area contributed by atoms with Crippen LogP contribution in [0.2, 0.25) is 0 Å². The predicted octanol–water partition coefficient (Wildman–Crippen LogP) is 2.66. The summed E-state index contributed by atoms with van der Waals surface area (Å²) in [6.45, 7) is 1.74. The Morgan fingerprint density at radius 2 is 1.50 bits per heavy atom. The molecule has 2 aromatic carbocycles. The maximum absolute atomic E-state index is 11.7. The van der Waals surface area contributed by atoms with E-state index < -0.39 is 12.1 Å². The molecule has 0 radical (unpaired) electrons. The summed E-state index contributed by atoms with van der Waals surface area (Å²) in [5, 5.41) is 0. The minimum atomic E-state index is -0.838. The van der Waals surface area contributed by atoms with E-state index in [9.17, 15) is 9.59 Å². The van der Waals surface area contributed by atoms with E-state index in [4.69, 9.17) is 14.2 Å². The van der Waals surface area contributed by atoms with Crippen molar-refractivity contribution in [3.05, 3.63) is 60.2 Å². The van der Waals surface area contributed by atoms with Crippen LogP contribution < -0.4 is 9.47 Å². The second kappa shape index (κ2) is 9.46. The summed E-state index contributed by atoms with van der Waals surface area (Å²) in [7, 11) is 3.20. The van der Waals surface area contributed by atoms with Crippen LogP contribution in [0.25, 0.3) is 0 Å². The topological polar surface area (TPSA) is 65.1 Å². The molecule has 2 aromatic rings. The molecular weight excluding hydrogens is 334 g/mol. The molecule has 26 heavy (non-hydrogen) atoms. The molecule has 6 nitrogen and oxygen atoms in total.